The number of nitrogens with zero attached hydrogens (tertiary/aromatic N) is 2. The molecule has 0 aliphatic rings. The normalized spacial score (nSPS) is 11.8. The minimum Gasteiger partial charge on any atom is -0.460 e. The fraction of sp³-hybridized carbons (Fsp3) is 0.250. The van der Waals surface area contributed by atoms with Crippen LogP contribution in [0.1, 0.15) is 6.92 Å². The Labute approximate surface area is 75.7 Å². The minimum atomic E-state index is -0.322. The van der Waals surface area contributed by atoms with Crippen molar-refractivity contribution in [3.05, 3.63) is 17.5 Å². The Bertz CT molecular complexity index is 308. The van der Waals surface area contributed by atoms with Crippen LogP contribution in [0.25, 0.3) is 0 Å². The van der Waals surface area contributed by atoms with Crippen LogP contribution < -0.4 is 4.74 Å². The van der Waals surface area contributed by atoms with Crippen LogP contribution in [0.5, 0.6) is 5.88 Å². The van der Waals surface area contributed by atoms with Crippen LogP contribution in [0.2, 0.25) is 5.15 Å². The molecular formula is C8H7ClN2O. The zero-order valence-corrected chi connectivity index (χ0v) is 7.25. The highest BCUT2D eigenvalue weighted by Gasteiger charge is 2.01. The lowest BCUT2D eigenvalue weighted by Gasteiger charge is -2.06. The van der Waals surface area contributed by atoms with Gasteiger partial charge in [-0.05, 0) is 6.92 Å². The Balaban J connectivity index is 2.71. The zero-order valence-electron chi connectivity index (χ0n) is 6.49. The molecule has 0 aliphatic carbocycles. The lowest BCUT2D eigenvalue weighted by Crippen LogP contribution is -2.09. The summed E-state index contributed by atoms with van der Waals surface area (Å²) in [6.07, 6.45) is 7.66. The SMILES string of the molecule is C#CC(C)Oc1cncc(Cl)n1. The minimum absolute atomic E-state index is 0.289. The second-order valence-electron chi connectivity index (χ2n) is 2.11. The fourth-order valence-corrected chi connectivity index (χ4v) is 0.737. The van der Waals surface area contributed by atoms with Crippen LogP contribution in [-0.2, 0) is 0 Å². The first kappa shape index (κ1) is 8.82. The van der Waals surface area contributed by atoms with Gasteiger partial charge in [0.2, 0.25) is 5.88 Å². The fourth-order valence-electron chi connectivity index (χ4n) is 0.597. The molecule has 4 heteroatoms. The summed E-state index contributed by atoms with van der Waals surface area (Å²) in [6.45, 7) is 1.74. The Morgan fingerprint density at radius 2 is 2.42 bits per heavy atom. The summed E-state index contributed by atoms with van der Waals surface area (Å²) in [4.78, 5) is 7.63. The lowest BCUT2D eigenvalue weighted by atomic mass is 10.4. The van der Waals surface area contributed by atoms with E-state index < -0.39 is 0 Å². The quantitative estimate of drug-likeness (QED) is 0.651. The molecule has 0 spiro atoms. The van der Waals surface area contributed by atoms with Crippen LogP contribution in [0.4, 0.5) is 0 Å². The number of halogens is 1. The Morgan fingerprint density at radius 1 is 1.67 bits per heavy atom. The van der Waals surface area contributed by atoms with Gasteiger partial charge in [0.15, 0.2) is 11.3 Å². The van der Waals surface area contributed by atoms with Crippen LogP contribution in [0.3, 0.4) is 0 Å². The first-order chi connectivity index (χ1) is 5.72. The molecule has 12 heavy (non-hydrogen) atoms. The molecule has 0 amide bonds. The molecule has 1 aromatic rings. The van der Waals surface area contributed by atoms with Crippen LogP contribution in [0, 0.1) is 12.3 Å². The van der Waals surface area contributed by atoms with Crippen molar-refractivity contribution in [3.8, 4) is 18.2 Å². The highest BCUT2D eigenvalue weighted by atomic mass is 35.5. The maximum Gasteiger partial charge on any atom is 0.234 e. The van der Waals surface area contributed by atoms with Crippen molar-refractivity contribution in [1.82, 2.24) is 9.97 Å². The van der Waals surface area contributed by atoms with Crippen LogP contribution >= 0.6 is 11.6 Å². The van der Waals surface area contributed by atoms with Crippen molar-refractivity contribution in [2.45, 2.75) is 13.0 Å². The predicted octanol–water partition coefficient (Wildman–Crippen LogP) is 1.53. The molecule has 0 saturated heterocycles. The summed E-state index contributed by atoms with van der Waals surface area (Å²) < 4.78 is 5.15. The van der Waals surface area contributed by atoms with Gasteiger partial charge in [-0.25, -0.2) is 0 Å². The predicted molar refractivity (Wildman–Crippen MR) is 46.0 cm³/mol. The highest BCUT2D eigenvalue weighted by Crippen LogP contribution is 2.10. The average Bonchev–Trinajstić information content (AvgIpc) is 2.04. The van der Waals surface area contributed by atoms with E-state index in [9.17, 15) is 0 Å². The molecule has 1 atom stereocenters. The molecule has 0 saturated carbocycles. The Hall–Kier alpha value is -1.27. The van der Waals surface area contributed by atoms with Crippen molar-refractivity contribution in [2.75, 3.05) is 0 Å². The van der Waals surface area contributed by atoms with Gasteiger partial charge in [0.25, 0.3) is 0 Å². The van der Waals surface area contributed by atoms with Crippen molar-refractivity contribution in [3.63, 3.8) is 0 Å². The van der Waals surface area contributed by atoms with Gasteiger partial charge in [-0.2, -0.15) is 4.98 Å². The van der Waals surface area contributed by atoms with Gasteiger partial charge < -0.3 is 4.74 Å². The molecule has 0 aromatic carbocycles. The van der Waals surface area contributed by atoms with Crippen LogP contribution in [0.15, 0.2) is 12.4 Å². The average molecular weight is 183 g/mol. The van der Waals surface area contributed by atoms with Crippen molar-refractivity contribution >= 4 is 11.6 Å². The van der Waals surface area contributed by atoms with E-state index in [-0.39, 0.29) is 11.3 Å². The zero-order chi connectivity index (χ0) is 8.97. The van der Waals surface area contributed by atoms with Gasteiger partial charge in [0.05, 0.1) is 12.4 Å². The smallest absolute Gasteiger partial charge is 0.234 e. The monoisotopic (exact) mass is 182 g/mol. The summed E-state index contributed by atoms with van der Waals surface area (Å²) in [6, 6.07) is 0. The molecule has 0 aliphatic heterocycles. The Kier molecular flexibility index (Phi) is 2.89. The van der Waals surface area contributed by atoms with E-state index >= 15 is 0 Å². The third-order valence-electron chi connectivity index (χ3n) is 1.12. The number of hydrogen-bond donors (Lipinski definition) is 0. The molecule has 1 rings (SSSR count). The van der Waals surface area contributed by atoms with Crippen molar-refractivity contribution < 1.29 is 4.74 Å². The van der Waals surface area contributed by atoms with E-state index in [1.165, 1.54) is 12.4 Å². The van der Waals surface area contributed by atoms with E-state index in [2.05, 4.69) is 15.9 Å². The van der Waals surface area contributed by atoms with Gasteiger partial charge in [-0.15, -0.1) is 6.42 Å². The molecule has 0 fully saturated rings. The molecule has 0 N–H and O–H groups in total. The van der Waals surface area contributed by atoms with Gasteiger partial charge in [0.1, 0.15) is 0 Å². The first-order valence-electron chi connectivity index (χ1n) is 3.32. The number of ether oxygens (including phenoxy) is 1. The molecule has 1 heterocycles. The van der Waals surface area contributed by atoms with Crippen molar-refractivity contribution in [2.24, 2.45) is 0 Å². The third-order valence-corrected chi connectivity index (χ3v) is 1.30. The van der Waals surface area contributed by atoms with E-state index in [1.807, 2.05) is 0 Å². The summed E-state index contributed by atoms with van der Waals surface area (Å²) in [7, 11) is 0. The molecule has 0 bridgehead atoms. The van der Waals surface area contributed by atoms with Gasteiger partial charge >= 0.3 is 0 Å². The second-order valence-corrected chi connectivity index (χ2v) is 2.49. The van der Waals surface area contributed by atoms with E-state index in [0.717, 1.165) is 0 Å². The Morgan fingerprint density at radius 3 is 3.00 bits per heavy atom. The van der Waals surface area contributed by atoms with Crippen LogP contribution in [-0.4, -0.2) is 16.1 Å². The summed E-state index contributed by atoms with van der Waals surface area (Å²) >= 11 is 5.57. The van der Waals surface area contributed by atoms with E-state index in [4.69, 9.17) is 22.8 Å². The largest absolute Gasteiger partial charge is 0.460 e. The number of aromatic nitrogens is 2. The summed E-state index contributed by atoms with van der Waals surface area (Å²) in [5.74, 6) is 2.74. The van der Waals surface area contributed by atoms with Gasteiger partial charge in [-0.3, -0.25) is 4.98 Å². The molecule has 0 radical (unpaired) electrons. The maximum absolute atomic E-state index is 5.57. The molecule has 62 valence electrons. The lowest BCUT2D eigenvalue weighted by molar-refractivity contribution is 0.266. The number of hydrogen-bond acceptors (Lipinski definition) is 3. The summed E-state index contributed by atoms with van der Waals surface area (Å²) in [5, 5.41) is 0.289. The third kappa shape index (κ3) is 2.40. The maximum atomic E-state index is 5.57. The molecule has 1 aromatic heterocycles. The highest BCUT2D eigenvalue weighted by molar-refractivity contribution is 6.29. The second kappa shape index (κ2) is 3.93. The number of rotatable bonds is 2. The summed E-state index contributed by atoms with van der Waals surface area (Å²) in [5.41, 5.74) is 0. The van der Waals surface area contributed by atoms with Gasteiger partial charge in [0, 0.05) is 0 Å². The standard InChI is InChI=1S/C8H7ClN2O/c1-3-6(2)12-8-5-10-4-7(9)11-8/h1,4-6H,2H3. The number of terminal acetylenes is 1. The first-order valence-corrected chi connectivity index (χ1v) is 3.70. The molecule has 3 nitrogen and oxygen atoms in total. The van der Waals surface area contributed by atoms with E-state index in [1.54, 1.807) is 6.92 Å². The molecule has 1 unspecified atom stereocenters. The topological polar surface area (TPSA) is 35.0 Å². The van der Waals surface area contributed by atoms with E-state index in [0.29, 0.717) is 5.88 Å². The molecular weight excluding hydrogens is 176 g/mol. The van der Waals surface area contributed by atoms with Gasteiger partial charge in [-0.1, -0.05) is 17.5 Å². The van der Waals surface area contributed by atoms with Crippen molar-refractivity contribution in [1.29, 1.82) is 0 Å².